The maximum Gasteiger partial charge on any atom is 0.0700 e. The highest BCUT2D eigenvalue weighted by Gasteiger charge is 2.32. The number of ether oxygens (including phenoxy) is 2. The standard InChI is InChI=1S/C13H26ClNO2/c1-12-3-5-13(11-14,6-4-12)15-7-8-17-10-9-16-2/h12,15H,3-11H2,1-2H3. The van der Waals surface area contributed by atoms with Gasteiger partial charge in [0.1, 0.15) is 0 Å². The molecule has 0 aliphatic heterocycles. The van der Waals surface area contributed by atoms with Crippen LogP contribution in [0.5, 0.6) is 0 Å². The highest BCUT2D eigenvalue weighted by molar-refractivity contribution is 6.18. The number of alkyl halides is 1. The smallest absolute Gasteiger partial charge is 0.0700 e. The first kappa shape index (κ1) is 15.2. The molecule has 0 radical (unpaired) electrons. The summed E-state index contributed by atoms with van der Waals surface area (Å²) in [6, 6.07) is 0. The lowest BCUT2D eigenvalue weighted by molar-refractivity contribution is 0.0672. The lowest BCUT2D eigenvalue weighted by atomic mass is 9.78. The Morgan fingerprint density at radius 2 is 1.94 bits per heavy atom. The summed E-state index contributed by atoms with van der Waals surface area (Å²) in [5.74, 6) is 1.56. The number of methoxy groups -OCH3 is 1. The maximum absolute atomic E-state index is 6.12. The Balaban J connectivity index is 2.14. The summed E-state index contributed by atoms with van der Waals surface area (Å²) in [5.41, 5.74) is 0.151. The van der Waals surface area contributed by atoms with Gasteiger partial charge in [-0.05, 0) is 31.6 Å². The highest BCUT2D eigenvalue weighted by atomic mass is 35.5. The van der Waals surface area contributed by atoms with Crippen molar-refractivity contribution in [1.82, 2.24) is 5.32 Å². The molecule has 1 saturated carbocycles. The van der Waals surface area contributed by atoms with Gasteiger partial charge in [0.2, 0.25) is 0 Å². The first-order valence-electron chi connectivity index (χ1n) is 6.60. The van der Waals surface area contributed by atoms with Gasteiger partial charge in [-0.15, -0.1) is 11.6 Å². The van der Waals surface area contributed by atoms with E-state index < -0.39 is 0 Å². The third kappa shape index (κ3) is 5.56. The van der Waals surface area contributed by atoms with Gasteiger partial charge in [0, 0.05) is 25.1 Å². The number of nitrogens with one attached hydrogen (secondary N) is 1. The fraction of sp³-hybridized carbons (Fsp3) is 1.00. The molecule has 102 valence electrons. The summed E-state index contributed by atoms with van der Waals surface area (Å²) in [5, 5.41) is 3.58. The van der Waals surface area contributed by atoms with Crippen LogP contribution in [-0.4, -0.2) is 44.9 Å². The zero-order chi connectivity index (χ0) is 12.6. The van der Waals surface area contributed by atoms with Crippen LogP contribution in [0.15, 0.2) is 0 Å². The fourth-order valence-electron chi connectivity index (χ4n) is 2.31. The molecular weight excluding hydrogens is 238 g/mol. The van der Waals surface area contributed by atoms with Gasteiger partial charge in [0.05, 0.1) is 19.8 Å². The van der Waals surface area contributed by atoms with E-state index in [4.69, 9.17) is 21.1 Å². The quantitative estimate of drug-likeness (QED) is 0.539. The predicted octanol–water partition coefficient (Wildman–Crippen LogP) is 2.43. The molecule has 0 aromatic heterocycles. The van der Waals surface area contributed by atoms with Crippen LogP contribution >= 0.6 is 11.6 Å². The van der Waals surface area contributed by atoms with Gasteiger partial charge in [-0.25, -0.2) is 0 Å². The zero-order valence-corrected chi connectivity index (χ0v) is 11.9. The summed E-state index contributed by atoms with van der Waals surface area (Å²) < 4.78 is 10.4. The molecule has 0 heterocycles. The third-order valence-corrected chi connectivity index (χ3v) is 4.18. The van der Waals surface area contributed by atoms with Crippen LogP contribution in [0, 0.1) is 5.92 Å². The molecule has 0 saturated heterocycles. The van der Waals surface area contributed by atoms with E-state index in [-0.39, 0.29) is 5.54 Å². The van der Waals surface area contributed by atoms with E-state index >= 15 is 0 Å². The van der Waals surface area contributed by atoms with E-state index in [1.165, 1.54) is 25.7 Å². The number of hydrogen-bond donors (Lipinski definition) is 1. The molecule has 4 heteroatoms. The zero-order valence-electron chi connectivity index (χ0n) is 11.1. The van der Waals surface area contributed by atoms with Crippen LogP contribution in [-0.2, 0) is 9.47 Å². The van der Waals surface area contributed by atoms with Crippen molar-refractivity contribution in [3.63, 3.8) is 0 Å². The maximum atomic E-state index is 6.12. The van der Waals surface area contributed by atoms with Crippen molar-refractivity contribution < 1.29 is 9.47 Å². The van der Waals surface area contributed by atoms with Crippen LogP contribution in [0.25, 0.3) is 0 Å². The van der Waals surface area contributed by atoms with Crippen molar-refractivity contribution in [2.75, 3.05) is 39.4 Å². The van der Waals surface area contributed by atoms with Crippen LogP contribution in [0.2, 0.25) is 0 Å². The molecule has 0 bridgehead atoms. The lowest BCUT2D eigenvalue weighted by Crippen LogP contribution is -2.50. The molecule has 1 N–H and O–H groups in total. The molecule has 0 unspecified atom stereocenters. The van der Waals surface area contributed by atoms with Gasteiger partial charge >= 0.3 is 0 Å². The Bertz CT molecular complexity index is 194. The van der Waals surface area contributed by atoms with E-state index in [9.17, 15) is 0 Å². The number of rotatable bonds is 8. The van der Waals surface area contributed by atoms with Crippen molar-refractivity contribution in [3.05, 3.63) is 0 Å². The van der Waals surface area contributed by atoms with E-state index in [0.29, 0.717) is 19.1 Å². The molecular formula is C13H26ClNO2. The summed E-state index contributed by atoms with van der Waals surface area (Å²) in [6.07, 6.45) is 4.94. The largest absolute Gasteiger partial charge is 0.382 e. The summed E-state index contributed by atoms with van der Waals surface area (Å²) >= 11 is 6.12. The van der Waals surface area contributed by atoms with Crippen LogP contribution in [0.3, 0.4) is 0 Å². The second-order valence-electron chi connectivity index (χ2n) is 5.13. The Hall–Kier alpha value is 0.170. The van der Waals surface area contributed by atoms with E-state index in [1.54, 1.807) is 7.11 Å². The van der Waals surface area contributed by atoms with Crippen LogP contribution in [0.4, 0.5) is 0 Å². The molecule has 0 amide bonds. The minimum Gasteiger partial charge on any atom is -0.382 e. The van der Waals surface area contributed by atoms with Crippen molar-refractivity contribution in [2.45, 2.75) is 38.1 Å². The topological polar surface area (TPSA) is 30.5 Å². The molecule has 3 nitrogen and oxygen atoms in total. The molecule has 1 fully saturated rings. The van der Waals surface area contributed by atoms with Crippen LogP contribution in [0.1, 0.15) is 32.6 Å². The van der Waals surface area contributed by atoms with Gasteiger partial charge in [-0.1, -0.05) is 6.92 Å². The summed E-state index contributed by atoms with van der Waals surface area (Å²) in [6.45, 7) is 5.27. The summed E-state index contributed by atoms with van der Waals surface area (Å²) in [7, 11) is 1.69. The highest BCUT2D eigenvalue weighted by Crippen LogP contribution is 2.32. The second kappa shape index (κ2) is 8.30. The number of halogens is 1. The van der Waals surface area contributed by atoms with Gasteiger partial charge in [-0.2, -0.15) is 0 Å². The first-order valence-corrected chi connectivity index (χ1v) is 7.13. The van der Waals surface area contributed by atoms with E-state index in [2.05, 4.69) is 12.2 Å². The molecule has 0 atom stereocenters. The van der Waals surface area contributed by atoms with Crippen LogP contribution < -0.4 is 5.32 Å². The molecule has 0 aromatic rings. The Morgan fingerprint density at radius 3 is 2.53 bits per heavy atom. The third-order valence-electron chi connectivity index (χ3n) is 3.67. The normalized spacial score (nSPS) is 29.5. The first-order chi connectivity index (χ1) is 8.22. The molecule has 0 spiro atoms. The predicted molar refractivity (Wildman–Crippen MR) is 71.8 cm³/mol. The lowest BCUT2D eigenvalue weighted by Gasteiger charge is -2.39. The molecule has 1 aliphatic carbocycles. The Kier molecular flexibility index (Phi) is 7.44. The van der Waals surface area contributed by atoms with Gasteiger partial charge in [-0.3, -0.25) is 0 Å². The SMILES string of the molecule is COCCOCCNC1(CCl)CCC(C)CC1. The Morgan fingerprint density at radius 1 is 1.24 bits per heavy atom. The fourth-order valence-corrected chi connectivity index (χ4v) is 2.67. The average Bonchev–Trinajstić information content (AvgIpc) is 2.36. The minimum atomic E-state index is 0.151. The molecule has 0 aromatic carbocycles. The monoisotopic (exact) mass is 263 g/mol. The van der Waals surface area contributed by atoms with Gasteiger partial charge in [0.15, 0.2) is 0 Å². The van der Waals surface area contributed by atoms with Crippen molar-refractivity contribution in [1.29, 1.82) is 0 Å². The van der Waals surface area contributed by atoms with Crippen molar-refractivity contribution in [3.8, 4) is 0 Å². The van der Waals surface area contributed by atoms with E-state index in [1.807, 2.05) is 0 Å². The van der Waals surface area contributed by atoms with Gasteiger partial charge in [0.25, 0.3) is 0 Å². The molecule has 1 aliphatic rings. The second-order valence-corrected chi connectivity index (χ2v) is 5.40. The van der Waals surface area contributed by atoms with E-state index in [0.717, 1.165) is 19.1 Å². The summed E-state index contributed by atoms with van der Waals surface area (Å²) in [4.78, 5) is 0. The van der Waals surface area contributed by atoms with Gasteiger partial charge < -0.3 is 14.8 Å². The van der Waals surface area contributed by atoms with Crippen molar-refractivity contribution >= 4 is 11.6 Å². The minimum absolute atomic E-state index is 0.151. The molecule has 1 rings (SSSR count). The average molecular weight is 264 g/mol. The number of hydrogen-bond acceptors (Lipinski definition) is 3. The van der Waals surface area contributed by atoms with Crippen molar-refractivity contribution in [2.24, 2.45) is 5.92 Å². The Labute approximate surface area is 110 Å². The molecule has 17 heavy (non-hydrogen) atoms.